The van der Waals surface area contributed by atoms with Crippen LogP contribution in [0.2, 0.25) is 0 Å². The first kappa shape index (κ1) is 16.0. The van der Waals surface area contributed by atoms with Crippen molar-refractivity contribution in [1.82, 2.24) is 9.62 Å². The smallest absolute Gasteiger partial charge is 0.243 e. The average Bonchev–Trinajstić information content (AvgIpc) is 3.28. The van der Waals surface area contributed by atoms with Gasteiger partial charge in [-0.1, -0.05) is 6.08 Å². The van der Waals surface area contributed by atoms with Crippen LogP contribution in [0.5, 0.6) is 5.75 Å². The number of sulfonamides is 1. The van der Waals surface area contributed by atoms with Crippen LogP contribution in [0, 0.1) is 0 Å². The number of hydrogen-bond acceptors (Lipinski definition) is 4. The molecule has 0 aliphatic heterocycles. The van der Waals surface area contributed by atoms with Crippen LogP contribution in [0.1, 0.15) is 12.8 Å². The fraction of sp³-hybridized carbons (Fsp3) is 0.467. The normalized spacial score (nSPS) is 15.1. The Labute approximate surface area is 126 Å². The Morgan fingerprint density at radius 2 is 2.05 bits per heavy atom. The third-order valence-electron chi connectivity index (χ3n) is 3.30. The molecule has 1 aromatic carbocycles. The van der Waals surface area contributed by atoms with E-state index in [1.807, 2.05) is 0 Å². The van der Waals surface area contributed by atoms with E-state index >= 15 is 0 Å². The van der Waals surface area contributed by atoms with Crippen LogP contribution in [0.15, 0.2) is 41.8 Å². The minimum absolute atomic E-state index is 0.260. The zero-order chi connectivity index (χ0) is 15.3. The molecule has 0 spiro atoms. The van der Waals surface area contributed by atoms with Crippen molar-refractivity contribution in [3.05, 3.63) is 36.9 Å². The molecule has 2 rings (SSSR count). The quantitative estimate of drug-likeness (QED) is 0.556. The van der Waals surface area contributed by atoms with Gasteiger partial charge in [-0.2, -0.15) is 4.31 Å². The van der Waals surface area contributed by atoms with E-state index in [2.05, 4.69) is 11.9 Å². The lowest BCUT2D eigenvalue weighted by atomic mass is 10.3. The molecule has 1 fully saturated rings. The first-order chi connectivity index (χ1) is 10.0. The van der Waals surface area contributed by atoms with Gasteiger partial charge in [0.05, 0.1) is 4.90 Å². The highest BCUT2D eigenvalue weighted by Gasteiger charge is 2.20. The molecule has 0 atom stereocenters. The Kier molecular flexibility index (Phi) is 5.39. The molecule has 116 valence electrons. The molecule has 0 saturated heterocycles. The van der Waals surface area contributed by atoms with Crippen molar-refractivity contribution in [2.24, 2.45) is 0 Å². The van der Waals surface area contributed by atoms with Crippen LogP contribution in [0.4, 0.5) is 0 Å². The summed E-state index contributed by atoms with van der Waals surface area (Å²) < 4.78 is 31.2. The minimum Gasteiger partial charge on any atom is -0.492 e. The van der Waals surface area contributed by atoms with Gasteiger partial charge in [0.2, 0.25) is 10.0 Å². The number of likely N-dealkylation sites (N-methyl/N-ethyl adjacent to an activating group) is 1. The molecule has 0 aromatic heterocycles. The standard InChI is InChI=1S/C15H22N2O3S/c1-3-11-17(2)21(18,19)15-8-6-14(7-9-15)20-12-10-16-13-4-5-13/h3,6-9,13,16H,1,4-5,10-12H2,2H3. The number of nitrogens with one attached hydrogen (secondary N) is 1. The van der Waals surface area contributed by atoms with Gasteiger partial charge in [-0.25, -0.2) is 8.42 Å². The summed E-state index contributed by atoms with van der Waals surface area (Å²) in [7, 11) is -1.92. The third kappa shape index (κ3) is 4.56. The summed E-state index contributed by atoms with van der Waals surface area (Å²) in [6, 6.07) is 7.18. The minimum atomic E-state index is -3.45. The second-order valence-electron chi connectivity index (χ2n) is 5.12. The summed E-state index contributed by atoms with van der Waals surface area (Å²) in [5, 5.41) is 3.35. The van der Waals surface area contributed by atoms with E-state index in [0.717, 1.165) is 6.54 Å². The second kappa shape index (κ2) is 7.06. The second-order valence-corrected chi connectivity index (χ2v) is 7.17. The Hall–Kier alpha value is -1.37. The molecule has 5 nitrogen and oxygen atoms in total. The highest BCUT2D eigenvalue weighted by Crippen LogP contribution is 2.19. The van der Waals surface area contributed by atoms with E-state index < -0.39 is 10.0 Å². The number of nitrogens with zero attached hydrogens (tertiary/aromatic N) is 1. The maximum atomic E-state index is 12.2. The molecule has 21 heavy (non-hydrogen) atoms. The van der Waals surface area contributed by atoms with Crippen LogP contribution in [0.3, 0.4) is 0 Å². The van der Waals surface area contributed by atoms with Crippen LogP contribution in [-0.4, -0.2) is 45.5 Å². The van der Waals surface area contributed by atoms with Crippen molar-refractivity contribution >= 4 is 10.0 Å². The Balaban J connectivity index is 1.89. The zero-order valence-corrected chi connectivity index (χ0v) is 13.1. The summed E-state index contributed by atoms with van der Waals surface area (Å²) in [6.07, 6.45) is 4.07. The summed E-state index contributed by atoms with van der Waals surface area (Å²) in [5.74, 6) is 0.679. The molecule has 0 radical (unpaired) electrons. The summed E-state index contributed by atoms with van der Waals surface area (Å²) >= 11 is 0. The molecule has 0 unspecified atom stereocenters. The first-order valence-electron chi connectivity index (χ1n) is 7.07. The number of benzene rings is 1. The summed E-state index contributed by atoms with van der Waals surface area (Å²) in [6.45, 7) is 5.23. The SMILES string of the molecule is C=CCN(C)S(=O)(=O)c1ccc(OCCNC2CC2)cc1. The van der Waals surface area contributed by atoms with E-state index in [0.29, 0.717) is 18.4 Å². The van der Waals surface area contributed by atoms with Crippen molar-refractivity contribution in [2.45, 2.75) is 23.8 Å². The van der Waals surface area contributed by atoms with E-state index in [1.165, 1.54) is 24.2 Å². The fourth-order valence-corrected chi connectivity index (χ4v) is 3.03. The zero-order valence-electron chi connectivity index (χ0n) is 12.3. The van der Waals surface area contributed by atoms with Gasteiger partial charge in [-0.3, -0.25) is 0 Å². The highest BCUT2D eigenvalue weighted by atomic mass is 32.2. The lowest BCUT2D eigenvalue weighted by molar-refractivity contribution is 0.313. The Bertz CT molecular complexity index is 565. The van der Waals surface area contributed by atoms with Crippen molar-refractivity contribution in [1.29, 1.82) is 0 Å². The maximum absolute atomic E-state index is 12.2. The van der Waals surface area contributed by atoms with Crippen molar-refractivity contribution in [2.75, 3.05) is 26.7 Å². The van der Waals surface area contributed by atoms with Gasteiger partial charge in [-0.05, 0) is 37.1 Å². The Morgan fingerprint density at radius 3 is 2.62 bits per heavy atom. The van der Waals surface area contributed by atoms with Gasteiger partial charge in [-0.15, -0.1) is 6.58 Å². The maximum Gasteiger partial charge on any atom is 0.243 e. The van der Waals surface area contributed by atoms with Gasteiger partial charge in [0.1, 0.15) is 12.4 Å². The largest absolute Gasteiger partial charge is 0.492 e. The molecular weight excluding hydrogens is 288 g/mol. The van der Waals surface area contributed by atoms with E-state index in [1.54, 1.807) is 30.3 Å². The Morgan fingerprint density at radius 1 is 1.38 bits per heavy atom. The summed E-state index contributed by atoms with van der Waals surface area (Å²) in [5.41, 5.74) is 0. The molecule has 0 amide bonds. The monoisotopic (exact) mass is 310 g/mol. The third-order valence-corrected chi connectivity index (χ3v) is 5.14. The van der Waals surface area contributed by atoms with Crippen LogP contribution >= 0.6 is 0 Å². The highest BCUT2D eigenvalue weighted by molar-refractivity contribution is 7.89. The molecule has 1 aliphatic rings. The molecule has 6 heteroatoms. The van der Waals surface area contributed by atoms with Gasteiger partial charge in [0.25, 0.3) is 0 Å². The molecule has 1 aliphatic carbocycles. The molecule has 1 N–H and O–H groups in total. The number of ether oxygens (including phenoxy) is 1. The van der Waals surface area contributed by atoms with E-state index in [9.17, 15) is 8.42 Å². The van der Waals surface area contributed by atoms with E-state index in [4.69, 9.17) is 4.74 Å². The van der Waals surface area contributed by atoms with Gasteiger partial charge in [0.15, 0.2) is 0 Å². The van der Waals surface area contributed by atoms with Gasteiger partial charge in [0, 0.05) is 26.2 Å². The predicted molar refractivity (Wildman–Crippen MR) is 83.0 cm³/mol. The topological polar surface area (TPSA) is 58.6 Å². The van der Waals surface area contributed by atoms with E-state index in [-0.39, 0.29) is 11.4 Å². The number of rotatable bonds is 9. The van der Waals surface area contributed by atoms with Gasteiger partial charge < -0.3 is 10.1 Å². The molecule has 0 bridgehead atoms. The van der Waals surface area contributed by atoms with Crippen molar-refractivity contribution in [3.8, 4) is 5.75 Å². The van der Waals surface area contributed by atoms with Crippen LogP contribution < -0.4 is 10.1 Å². The molecule has 0 heterocycles. The van der Waals surface area contributed by atoms with Crippen molar-refractivity contribution < 1.29 is 13.2 Å². The first-order valence-corrected chi connectivity index (χ1v) is 8.51. The average molecular weight is 310 g/mol. The number of hydrogen-bond donors (Lipinski definition) is 1. The molecular formula is C15H22N2O3S. The van der Waals surface area contributed by atoms with Crippen LogP contribution in [0.25, 0.3) is 0 Å². The molecule has 1 saturated carbocycles. The summed E-state index contributed by atoms with van der Waals surface area (Å²) in [4.78, 5) is 0.260. The lowest BCUT2D eigenvalue weighted by Gasteiger charge is -2.15. The lowest BCUT2D eigenvalue weighted by Crippen LogP contribution is -2.26. The molecule has 1 aromatic rings. The van der Waals surface area contributed by atoms with Crippen LogP contribution in [-0.2, 0) is 10.0 Å². The van der Waals surface area contributed by atoms with Crippen molar-refractivity contribution in [3.63, 3.8) is 0 Å². The van der Waals surface area contributed by atoms with Gasteiger partial charge >= 0.3 is 0 Å². The predicted octanol–water partition coefficient (Wildman–Crippen LogP) is 1.62. The fourth-order valence-electron chi connectivity index (χ4n) is 1.89.